The van der Waals surface area contributed by atoms with Crippen molar-refractivity contribution in [2.45, 2.75) is 4.90 Å². The Balaban J connectivity index is 2.21. The second-order valence-electron chi connectivity index (χ2n) is 4.43. The number of aromatic carboxylic acids is 1. The number of carboxylic acids is 1. The van der Waals surface area contributed by atoms with Crippen molar-refractivity contribution < 1.29 is 18.9 Å². The molecule has 2 rings (SSSR count). The fourth-order valence-electron chi connectivity index (χ4n) is 1.65. The maximum atomic E-state index is 12.3. The molecule has 2 aromatic rings. The van der Waals surface area contributed by atoms with E-state index in [1.54, 1.807) is 24.3 Å². The van der Waals surface area contributed by atoms with Crippen LogP contribution in [-0.2, 0) is 9.92 Å². The first-order valence-electron chi connectivity index (χ1n) is 6.23. The Morgan fingerprint density at radius 2 is 1.65 bits per heavy atom. The second-order valence-corrected chi connectivity index (χ2v) is 6.65. The molecule has 120 valence electrons. The van der Waals surface area contributed by atoms with Crippen LogP contribution in [0.15, 0.2) is 57.8 Å². The number of nitrogens with zero attached hydrogens (tertiary/aromatic N) is 1. The van der Waals surface area contributed by atoms with E-state index < -0.39 is 21.9 Å². The highest BCUT2D eigenvalue weighted by atomic mass is 35.5. The molecule has 1 unspecified atom stereocenters. The smallest absolute Gasteiger partial charge is 0.354 e. The molecule has 1 atom stereocenters. The average molecular weight is 354 g/mol. The zero-order valence-electron chi connectivity index (χ0n) is 11.6. The van der Waals surface area contributed by atoms with E-state index in [1.807, 2.05) is 0 Å². The second kappa shape index (κ2) is 6.78. The average Bonchev–Trinajstić information content (AvgIpc) is 2.49. The number of hydrogen-bond acceptors (Lipinski definition) is 3. The molecule has 0 saturated carbocycles. The molecule has 7 nitrogen and oxygen atoms in total. The van der Waals surface area contributed by atoms with E-state index in [-0.39, 0.29) is 10.5 Å². The third-order valence-corrected chi connectivity index (χ3v) is 4.39. The molecule has 0 spiro atoms. The van der Waals surface area contributed by atoms with Crippen LogP contribution in [0.5, 0.6) is 0 Å². The van der Waals surface area contributed by atoms with Gasteiger partial charge in [0.05, 0.1) is 10.5 Å². The van der Waals surface area contributed by atoms with E-state index in [2.05, 4.69) is 9.68 Å². The lowest BCUT2D eigenvalue weighted by Crippen LogP contribution is -2.17. The van der Waals surface area contributed by atoms with E-state index in [0.717, 1.165) is 0 Å². The summed E-state index contributed by atoms with van der Waals surface area (Å²) in [4.78, 5) is 22.6. The van der Waals surface area contributed by atoms with Gasteiger partial charge in [0.1, 0.15) is 9.92 Å². The Labute approximate surface area is 137 Å². The largest absolute Gasteiger partial charge is 0.478 e. The van der Waals surface area contributed by atoms with Crippen LogP contribution >= 0.6 is 11.6 Å². The summed E-state index contributed by atoms with van der Waals surface area (Å²) in [6, 6.07) is 10.3. The number of halogens is 1. The molecule has 0 aliphatic heterocycles. The van der Waals surface area contributed by atoms with Crippen molar-refractivity contribution in [3.8, 4) is 0 Å². The monoisotopic (exact) mass is 353 g/mol. The number of benzene rings is 2. The number of carboxylic acid groups (broad SMARTS) is 1. The summed E-state index contributed by atoms with van der Waals surface area (Å²) in [6.07, 6.45) is 0. The molecular formula is C14H12ClN3O4S. The van der Waals surface area contributed by atoms with Gasteiger partial charge in [-0.1, -0.05) is 11.6 Å². The Hall–Kier alpha value is -2.42. The minimum Gasteiger partial charge on any atom is -0.478 e. The third kappa shape index (κ3) is 4.52. The Morgan fingerprint density at radius 1 is 1.09 bits per heavy atom. The topological polar surface area (TPSA) is 122 Å². The Kier molecular flexibility index (Phi) is 4.99. The summed E-state index contributed by atoms with van der Waals surface area (Å²) in [5.41, 5.74) is 0.425. The van der Waals surface area contributed by atoms with E-state index in [9.17, 15) is 13.8 Å². The lowest BCUT2D eigenvalue weighted by molar-refractivity contribution is 0.0696. The summed E-state index contributed by atoms with van der Waals surface area (Å²) < 4.78 is 15.8. The van der Waals surface area contributed by atoms with Gasteiger partial charge in [0.15, 0.2) is 0 Å². The van der Waals surface area contributed by atoms with E-state index in [1.165, 1.54) is 24.3 Å². The van der Waals surface area contributed by atoms with Gasteiger partial charge in [0.25, 0.3) is 0 Å². The fourth-order valence-corrected chi connectivity index (χ4v) is 2.70. The molecule has 0 radical (unpaired) electrons. The van der Waals surface area contributed by atoms with Gasteiger partial charge in [0, 0.05) is 10.7 Å². The molecule has 2 aromatic carbocycles. The normalized spacial score (nSPS) is 13.0. The summed E-state index contributed by atoms with van der Waals surface area (Å²) in [7, 11) is -3.49. The molecule has 0 aliphatic carbocycles. The van der Waals surface area contributed by atoms with Gasteiger partial charge in [-0.3, -0.25) is 0 Å². The lowest BCUT2D eigenvalue weighted by atomic mass is 10.2. The van der Waals surface area contributed by atoms with Crippen molar-refractivity contribution in [3.05, 3.63) is 59.1 Å². The third-order valence-electron chi connectivity index (χ3n) is 2.75. The van der Waals surface area contributed by atoms with Gasteiger partial charge >= 0.3 is 12.0 Å². The van der Waals surface area contributed by atoms with E-state index in [0.29, 0.717) is 10.7 Å². The van der Waals surface area contributed by atoms with Gasteiger partial charge in [-0.25, -0.2) is 18.9 Å². The maximum absolute atomic E-state index is 12.3. The number of anilines is 1. The van der Waals surface area contributed by atoms with Gasteiger partial charge in [-0.2, -0.15) is 0 Å². The highest BCUT2D eigenvalue weighted by Gasteiger charge is 2.11. The summed E-state index contributed by atoms with van der Waals surface area (Å²) in [6.45, 7) is 0. The number of rotatable bonds is 3. The molecule has 0 aliphatic rings. The van der Waals surface area contributed by atoms with Crippen molar-refractivity contribution in [1.82, 2.24) is 0 Å². The SMILES string of the molecule is NS(=O)(=NC(=O)Nc1ccc(Cl)cc1)c1ccc(C(=O)O)cc1. The number of amides is 2. The minimum absolute atomic E-state index is 0.00886. The Morgan fingerprint density at radius 3 is 2.17 bits per heavy atom. The van der Waals surface area contributed by atoms with Crippen LogP contribution < -0.4 is 10.5 Å². The lowest BCUT2D eigenvalue weighted by Gasteiger charge is -2.06. The van der Waals surface area contributed by atoms with Crippen LogP contribution in [-0.4, -0.2) is 21.3 Å². The molecule has 2 amide bonds. The first kappa shape index (κ1) is 16.9. The highest BCUT2D eigenvalue weighted by Crippen LogP contribution is 2.15. The highest BCUT2D eigenvalue weighted by molar-refractivity contribution is 7.91. The summed E-state index contributed by atoms with van der Waals surface area (Å²) in [5, 5.41) is 17.3. The van der Waals surface area contributed by atoms with Crippen LogP contribution in [0, 0.1) is 0 Å². The predicted octanol–water partition coefficient (Wildman–Crippen LogP) is 2.97. The van der Waals surface area contributed by atoms with Crippen LogP contribution in [0.3, 0.4) is 0 Å². The van der Waals surface area contributed by atoms with Crippen LogP contribution in [0.2, 0.25) is 5.02 Å². The van der Waals surface area contributed by atoms with E-state index in [4.69, 9.17) is 21.8 Å². The van der Waals surface area contributed by atoms with Gasteiger partial charge in [-0.15, -0.1) is 4.36 Å². The van der Waals surface area contributed by atoms with Crippen molar-refractivity contribution in [1.29, 1.82) is 0 Å². The fraction of sp³-hybridized carbons (Fsp3) is 0. The van der Waals surface area contributed by atoms with Crippen LogP contribution in [0.25, 0.3) is 0 Å². The van der Waals surface area contributed by atoms with Crippen molar-refractivity contribution in [2.75, 3.05) is 5.32 Å². The summed E-state index contributed by atoms with van der Waals surface area (Å²) in [5.74, 6) is -1.13. The van der Waals surface area contributed by atoms with E-state index >= 15 is 0 Å². The molecule has 0 fully saturated rings. The quantitative estimate of drug-likeness (QED) is 0.784. The van der Waals surface area contributed by atoms with Gasteiger partial charge in [0.2, 0.25) is 0 Å². The molecule has 0 aromatic heterocycles. The molecule has 4 N–H and O–H groups in total. The van der Waals surface area contributed by atoms with Crippen LogP contribution in [0.4, 0.5) is 10.5 Å². The molecule has 23 heavy (non-hydrogen) atoms. The number of urea groups is 1. The first-order chi connectivity index (χ1) is 10.8. The molecule has 0 bridgehead atoms. The zero-order chi connectivity index (χ0) is 17.0. The van der Waals surface area contributed by atoms with Crippen molar-refractivity contribution >= 4 is 39.2 Å². The Bertz CT molecular complexity index is 857. The molecule has 9 heteroatoms. The maximum Gasteiger partial charge on any atom is 0.354 e. The molecular weight excluding hydrogens is 342 g/mol. The number of nitrogens with one attached hydrogen (secondary N) is 1. The minimum atomic E-state index is -3.49. The summed E-state index contributed by atoms with van der Waals surface area (Å²) >= 11 is 5.73. The van der Waals surface area contributed by atoms with Crippen LogP contribution in [0.1, 0.15) is 10.4 Å². The van der Waals surface area contributed by atoms with Crippen molar-refractivity contribution in [3.63, 3.8) is 0 Å². The van der Waals surface area contributed by atoms with Gasteiger partial charge in [-0.05, 0) is 48.5 Å². The zero-order valence-corrected chi connectivity index (χ0v) is 13.2. The number of carbonyl (C=O) groups is 2. The number of nitrogens with two attached hydrogens (primary N) is 1. The van der Waals surface area contributed by atoms with Crippen molar-refractivity contribution in [2.24, 2.45) is 9.50 Å². The molecule has 0 saturated heterocycles. The standard InChI is InChI=1S/C14H12ClN3O4S/c15-10-3-5-11(6-4-10)17-14(21)18-23(16,22)12-7-1-9(2-8-12)13(19)20/h1-8H,(H,19,20)(H3,16,17,18,21,22). The predicted molar refractivity (Wildman–Crippen MR) is 86.9 cm³/mol. The number of hydrogen-bond donors (Lipinski definition) is 3. The molecule has 0 heterocycles. The first-order valence-corrected chi connectivity index (χ1v) is 8.18. The number of carbonyl (C=O) groups excluding carboxylic acids is 1. The van der Waals surface area contributed by atoms with Gasteiger partial charge < -0.3 is 10.4 Å².